The molecule has 5 heteroatoms. The van der Waals surface area contributed by atoms with Crippen molar-refractivity contribution >= 4 is 27.6 Å². The van der Waals surface area contributed by atoms with E-state index >= 15 is 0 Å². The van der Waals surface area contributed by atoms with Gasteiger partial charge in [-0.25, -0.2) is 0 Å². The van der Waals surface area contributed by atoms with Crippen LogP contribution in [0.5, 0.6) is 0 Å². The van der Waals surface area contributed by atoms with Gasteiger partial charge < -0.3 is 0 Å². The van der Waals surface area contributed by atoms with E-state index in [2.05, 4.69) is 33.9 Å². The third kappa shape index (κ3) is 2.50. The molecule has 0 bridgehead atoms. The molecule has 2 atom stereocenters. The number of hydrogen-bond acceptors (Lipinski definition) is 4. The Morgan fingerprint density at radius 1 is 0.933 bits per heavy atom. The Hall–Kier alpha value is -1.05. The minimum absolute atomic E-state index is 0.209. The normalized spacial score (nSPS) is 28.4. The van der Waals surface area contributed by atoms with Gasteiger partial charge in [-0.2, -0.15) is 0 Å². The second-order valence-electron chi connectivity index (χ2n) is 3.70. The van der Waals surface area contributed by atoms with Crippen LogP contribution in [0, 0.1) is 0 Å². The zero-order chi connectivity index (χ0) is 10.7. The standard InChI is InChI=1S/2C5H7N2.Al/c2*1-7-4-2-6-3-5-7;/h2*2-5H,1H3;/q;;+1. The summed E-state index contributed by atoms with van der Waals surface area (Å²) < 4.78 is 0. The first-order valence-electron chi connectivity index (χ1n) is 4.96. The maximum atomic E-state index is 4.19. The van der Waals surface area contributed by atoms with Crippen LogP contribution in [0.2, 0.25) is 0 Å². The van der Waals surface area contributed by atoms with Crippen LogP contribution in [-0.2, 0) is 0 Å². The summed E-state index contributed by atoms with van der Waals surface area (Å²) in [6.45, 7) is 0. The summed E-state index contributed by atoms with van der Waals surface area (Å²) in [6.07, 6.45) is 11.7. The molecule has 4 nitrogen and oxygen atoms in total. The Morgan fingerprint density at radius 3 is 1.80 bits per heavy atom. The van der Waals surface area contributed by atoms with E-state index in [1.165, 1.54) is 0 Å². The van der Waals surface area contributed by atoms with Crippen molar-refractivity contribution in [2.45, 2.75) is 9.81 Å². The third-order valence-electron chi connectivity index (χ3n) is 2.59. The fourth-order valence-electron chi connectivity index (χ4n) is 1.55. The van der Waals surface area contributed by atoms with Gasteiger partial charge in [0.1, 0.15) is 0 Å². The molecule has 0 aromatic rings. The molecular weight excluding hydrogens is 203 g/mol. The average molecular weight is 217 g/mol. The monoisotopic (exact) mass is 217 g/mol. The second kappa shape index (κ2) is 4.65. The first kappa shape index (κ1) is 10.5. The van der Waals surface area contributed by atoms with Crippen LogP contribution >= 0.6 is 0 Å². The molecule has 0 fully saturated rings. The quantitative estimate of drug-likeness (QED) is 0.624. The van der Waals surface area contributed by atoms with E-state index < -0.39 is 0 Å². The summed E-state index contributed by atoms with van der Waals surface area (Å²) in [4.78, 5) is 13.7. The summed E-state index contributed by atoms with van der Waals surface area (Å²) in [7, 11) is 4.18. The molecule has 0 spiro atoms. The van der Waals surface area contributed by atoms with Gasteiger partial charge in [0.05, 0.1) is 0 Å². The molecule has 0 saturated carbocycles. The van der Waals surface area contributed by atoms with Crippen molar-refractivity contribution < 1.29 is 0 Å². The van der Waals surface area contributed by atoms with E-state index in [9.17, 15) is 0 Å². The predicted molar refractivity (Wildman–Crippen MR) is 64.1 cm³/mol. The van der Waals surface area contributed by atoms with Gasteiger partial charge in [-0.1, -0.05) is 0 Å². The van der Waals surface area contributed by atoms with E-state index in [1.807, 2.05) is 37.2 Å². The van der Waals surface area contributed by atoms with Crippen LogP contribution in [-0.4, -0.2) is 61.4 Å². The first-order chi connectivity index (χ1) is 7.27. The average Bonchev–Trinajstić information content (AvgIpc) is 2.24. The van der Waals surface area contributed by atoms with Crippen molar-refractivity contribution in [1.82, 2.24) is 9.80 Å². The number of rotatable bonds is 2. The molecule has 15 heavy (non-hydrogen) atoms. The number of aliphatic imine (C=N–C) groups is 2. The fraction of sp³-hybridized carbons (Fsp3) is 0.400. The first-order valence-corrected chi connectivity index (χ1v) is 6.29. The minimum atomic E-state index is 0.209. The molecule has 0 N–H and O–H groups in total. The van der Waals surface area contributed by atoms with E-state index in [4.69, 9.17) is 0 Å². The predicted octanol–water partition coefficient (Wildman–Crippen LogP) is 0.318. The summed E-state index contributed by atoms with van der Waals surface area (Å²) >= 11 is 0.209. The van der Waals surface area contributed by atoms with Gasteiger partial charge in [0.2, 0.25) is 0 Å². The van der Waals surface area contributed by atoms with Crippen molar-refractivity contribution in [1.29, 1.82) is 0 Å². The van der Waals surface area contributed by atoms with Crippen molar-refractivity contribution in [2.75, 3.05) is 14.1 Å². The Balaban J connectivity index is 1.97. The molecule has 0 radical (unpaired) electrons. The molecule has 0 amide bonds. The zero-order valence-corrected chi connectivity index (χ0v) is 10.1. The molecule has 0 saturated heterocycles. The number of hydrogen-bond donors (Lipinski definition) is 0. The zero-order valence-electron chi connectivity index (χ0n) is 8.99. The molecule has 2 unspecified atom stereocenters. The van der Waals surface area contributed by atoms with Crippen LogP contribution in [0.15, 0.2) is 34.8 Å². The van der Waals surface area contributed by atoms with Crippen molar-refractivity contribution in [3.63, 3.8) is 0 Å². The van der Waals surface area contributed by atoms with E-state index in [0.29, 0.717) is 9.81 Å². The van der Waals surface area contributed by atoms with Gasteiger partial charge in [0.15, 0.2) is 0 Å². The summed E-state index contributed by atoms with van der Waals surface area (Å²) in [5.74, 6) is 0. The van der Waals surface area contributed by atoms with Gasteiger partial charge in [-0.05, 0) is 0 Å². The Bertz CT molecular complexity index is 302. The van der Waals surface area contributed by atoms with E-state index in [-0.39, 0.29) is 15.2 Å². The van der Waals surface area contributed by atoms with Crippen LogP contribution in [0.4, 0.5) is 0 Å². The molecule has 0 aromatic heterocycles. The Labute approximate surface area is 96.4 Å². The number of nitrogens with zero attached hydrogens (tertiary/aromatic N) is 4. The summed E-state index contributed by atoms with van der Waals surface area (Å²) in [5.41, 5.74) is 0. The van der Waals surface area contributed by atoms with Crippen LogP contribution in [0.3, 0.4) is 0 Å². The Morgan fingerprint density at radius 2 is 1.40 bits per heavy atom. The second-order valence-corrected chi connectivity index (χ2v) is 5.45. The molecular formula is C10H14AlN4+. The van der Waals surface area contributed by atoms with Crippen molar-refractivity contribution in [2.24, 2.45) is 9.98 Å². The third-order valence-corrected chi connectivity index (χ3v) is 4.66. The van der Waals surface area contributed by atoms with Crippen LogP contribution < -0.4 is 0 Å². The van der Waals surface area contributed by atoms with E-state index in [1.54, 1.807) is 0 Å². The van der Waals surface area contributed by atoms with Gasteiger partial charge in [-0.3, -0.25) is 0 Å². The van der Waals surface area contributed by atoms with Crippen molar-refractivity contribution in [3.8, 4) is 0 Å². The molecule has 0 aliphatic carbocycles. The van der Waals surface area contributed by atoms with Gasteiger partial charge in [0.25, 0.3) is 0 Å². The topological polar surface area (TPSA) is 31.2 Å². The molecule has 76 valence electrons. The molecule has 0 aromatic carbocycles. The van der Waals surface area contributed by atoms with Gasteiger partial charge in [-0.15, -0.1) is 0 Å². The SMILES string of the molecule is CN1C=CN=C[CH]1[Al+][CH]1C=NC=CN1C. The van der Waals surface area contributed by atoms with Crippen LogP contribution in [0.1, 0.15) is 0 Å². The summed E-state index contributed by atoms with van der Waals surface area (Å²) in [5, 5.41) is 0. The summed E-state index contributed by atoms with van der Waals surface area (Å²) in [6, 6.07) is 0. The fourth-order valence-corrected chi connectivity index (χ4v) is 3.09. The molecule has 2 rings (SSSR count). The van der Waals surface area contributed by atoms with Gasteiger partial charge in [0, 0.05) is 0 Å². The molecule has 2 aliphatic rings. The molecule has 2 aliphatic heterocycles. The van der Waals surface area contributed by atoms with Crippen molar-refractivity contribution in [3.05, 3.63) is 24.8 Å². The maximum absolute atomic E-state index is 4.19. The van der Waals surface area contributed by atoms with E-state index in [0.717, 1.165) is 0 Å². The Kier molecular flexibility index (Phi) is 3.24. The molecule has 2 heterocycles. The van der Waals surface area contributed by atoms with Crippen LogP contribution in [0.25, 0.3) is 0 Å². The van der Waals surface area contributed by atoms with Gasteiger partial charge >= 0.3 is 96.1 Å².